The van der Waals surface area contributed by atoms with Gasteiger partial charge in [0.15, 0.2) is 0 Å². The maximum absolute atomic E-state index is 6.79. The van der Waals surface area contributed by atoms with Crippen LogP contribution in [0.25, 0.3) is 33.0 Å². The van der Waals surface area contributed by atoms with Gasteiger partial charge in [-0.1, -0.05) is 164 Å². The third-order valence-corrected chi connectivity index (χ3v) is 11.3. The number of hydrogen-bond donors (Lipinski definition) is 0. The Hall–Kier alpha value is -6.18. The molecule has 2 aliphatic rings. The highest BCUT2D eigenvalue weighted by atomic mass is 16.5. The van der Waals surface area contributed by atoms with Gasteiger partial charge in [0.25, 0.3) is 0 Å². The van der Waals surface area contributed by atoms with E-state index in [2.05, 4.69) is 195 Å². The van der Waals surface area contributed by atoms with Crippen LogP contribution in [0.5, 0.6) is 11.5 Å². The monoisotopic (exact) mass is 638 g/mol. The van der Waals surface area contributed by atoms with Crippen molar-refractivity contribution in [3.05, 3.63) is 227 Å². The highest BCUT2D eigenvalue weighted by molar-refractivity contribution is 5.97. The predicted molar refractivity (Wildman–Crippen MR) is 205 cm³/mol. The van der Waals surface area contributed by atoms with Gasteiger partial charge in [0.2, 0.25) is 0 Å². The zero-order chi connectivity index (χ0) is 33.3. The maximum atomic E-state index is 6.79. The summed E-state index contributed by atoms with van der Waals surface area (Å²) in [5.41, 5.74) is 12.8. The summed E-state index contributed by atoms with van der Waals surface area (Å²) in [6.45, 7) is 2.33. The molecule has 0 bridgehead atoms. The van der Waals surface area contributed by atoms with Crippen LogP contribution < -0.4 is 4.74 Å². The van der Waals surface area contributed by atoms with E-state index in [0.717, 1.165) is 17.1 Å². The number of rotatable bonds is 4. The summed E-state index contributed by atoms with van der Waals surface area (Å²) in [4.78, 5) is 0. The van der Waals surface area contributed by atoms with Crippen LogP contribution in [0.3, 0.4) is 0 Å². The molecule has 0 aromatic heterocycles. The van der Waals surface area contributed by atoms with Crippen molar-refractivity contribution in [2.75, 3.05) is 0 Å². The van der Waals surface area contributed by atoms with Gasteiger partial charge in [-0.2, -0.15) is 0 Å². The van der Waals surface area contributed by atoms with Crippen molar-refractivity contribution in [2.45, 2.75) is 17.8 Å². The van der Waals surface area contributed by atoms with Crippen LogP contribution in [0.2, 0.25) is 0 Å². The first-order valence-corrected chi connectivity index (χ1v) is 17.4. The van der Waals surface area contributed by atoms with Crippen LogP contribution in [0.4, 0.5) is 0 Å². The van der Waals surface area contributed by atoms with Crippen LogP contribution in [0.1, 0.15) is 45.9 Å². The summed E-state index contributed by atoms with van der Waals surface area (Å²) in [6, 6.07) is 68.8. The molecule has 0 saturated heterocycles. The molecule has 1 heteroatoms. The van der Waals surface area contributed by atoms with E-state index in [9.17, 15) is 0 Å². The lowest BCUT2D eigenvalue weighted by Crippen LogP contribution is -2.30. The van der Waals surface area contributed by atoms with Crippen molar-refractivity contribution in [1.29, 1.82) is 0 Å². The van der Waals surface area contributed by atoms with Crippen molar-refractivity contribution in [3.8, 4) is 33.8 Å². The fourth-order valence-electron chi connectivity index (χ4n) is 8.97. The number of benzene rings is 8. The molecular weight excluding hydrogens is 605 g/mol. The zero-order valence-corrected chi connectivity index (χ0v) is 27.8. The molecule has 0 N–H and O–H groups in total. The minimum absolute atomic E-state index is 0.362. The van der Waals surface area contributed by atoms with Crippen molar-refractivity contribution in [1.82, 2.24) is 0 Å². The Bertz CT molecular complexity index is 2580. The van der Waals surface area contributed by atoms with E-state index >= 15 is 0 Å². The minimum atomic E-state index is -0.532. The molecule has 2 unspecified atom stereocenters. The Morgan fingerprint density at radius 1 is 0.360 bits per heavy atom. The van der Waals surface area contributed by atoms with Gasteiger partial charge >= 0.3 is 0 Å². The molecule has 10 rings (SSSR count). The molecule has 0 amide bonds. The Labute approximate surface area is 293 Å². The van der Waals surface area contributed by atoms with Crippen LogP contribution in [0.15, 0.2) is 188 Å². The van der Waals surface area contributed by atoms with Crippen molar-refractivity contribution >= 4 is 10.8 Å². The SMILES string of the molecule is CC1(c2ccccc2)c2ccccc2Oc2cc(-c3ccccc3C3(c4ccccc4)c4ccccc4-c4cc5ccccc5cc43)ccc21. The van der Waals surface area contributed by atoms with Crippen LogP contribution in [-0.4, -0.2) is 0 Å². The van der Waals surface area contributed by atoms with Gasteiger partial charge in [0, 0.05) is 16.5 Å². The molecule has 1 nitrogen and oxygen atoms in total. The summed E-state index contributed by atoms with van der Waals surface area (Å²) in [6.07, 6.45) is 0. The smallest absolute Gasteiger partial charge is 0.132 e. The topological polar surface area (TPSA) is 9.23 Å². The second-order valence-corrected chi connectivity index (χ2v) is 13.8. The first kappa shape index (κ1) is 28.8. The number of ether oxygens (including phenoxy) is 1. The predicted octanol–water partition coefficient (Wildman–Crippen LogP) is 12.3. The van der Waals surface area contributed by atoms with Gasteiger partial charge in [-0.05, 0) is 92.0 Å². The lowest BCUT2D eigenvalue weighted by atomic mass is 9.65. The van der Waals surface area contributed by atoms with Gasteiger partial charge in [-0.15, -0.1) is 0 Å². The lowest BCUT2D eigenvalue weighted by Gasteiger charge is -2.38. The Morgan fingerprint density at radius 2 is 0.900 bits per heavy atom. The molecule has 1 heterocycles. The summed E-state index contributed by atoms with van der Waals surface area (Å²) < 4.78 is 6.79. The first-order valence-electron chi connectivity index (χ1n) is 17.4. The molecule has 2 atom stereocenters. The van der Waals surface area contributed by atoms with Gasteiger partial charge in [0.05, 0.1) is 5.41 Å². The third-order valence-electron chi connectivity index (χ3n) is 11.3. The Morgan fingerprint density at radius 3 is 1.64 bits per heavy atom. The maximum Gasteiger partial charge on any atom is 0.132 e. The number of para-hydroxylation sites is 1. The summed E-state index contributed by atoms with van der Waals surface area (Å²) in [5.74, 6) is 1.80. The van der Waals surface area contributed by atoms with E-state index in [1.807, 2.05) is 0 Å². The molecule has 8 aromatic carbocycles. The van der Waals surface area contributed by atoms with E-state index in [1.54, 1.807) is 0 Å². The summed E-state index contributed by atoms with van der Waals surface area (Å²) in [7, 11) is 0. The van der Waals surface area contributed by atoms with Crippen molar-refractivity contribution < 1.29 is 4.74 Å². The van der Waals surface area contributed by atoms with Gasteiger partial charge < -0.3 is 4.74 Å². The summed E-state index contributed by atoms with van der Waals surface area (Å²) >= 11 is 0. The molecule has 0 fully saturated rings. The molecule has 50 heavy (non-hydrogen) atoms. The molecule has 0 radical (unpaired) electrons. The van der Waals surface area contributed by atoms with Crippen LogP contribution in [0, 0.1) is 0 Å². The highest BCUT2D eigenvalue weighted by Crippen LogP contribution is 2.59. The van der Waals surface area contributed by atoms with E-state index in [0.29, 0.717) is 0 Å². The zero-order valence-electron chi connectivity index (χ0n) is 27.8. The van der Waals surface area contributed by atoms with E-state index < -0.39 is 5.41 Å². The van der Waals surface area contributed by atoms with Gasteiger partial charge in [-0.3, -0.25) is 0 Å². The largest absolute Gasteiger partial charge is 0.457 e. The summed E-state index contributed by atoms with van der Waals surface area (Å²) in [5, 5.41) is 2.50. The Kier molecular flexibility index (Phi) is 6.29. The van der Waals surface area contributed by atoms with E-state index in [1.165, 1.54) is 66.4 Å². The molecule has 8 aromatic rings. The van der Waals surface area contributed by atoms with Crippen LogP contribution >= 0.6 is 0 Å². The molecular formula is C49H34O. The second kappa shape index (κ2) is 10.9. The highest BCUT2D eigenvalue weighted by Gasteiger charge is 2.47. The normalized spacial score (nSPS) is 18.4. The standard InChI is InChI=1S/C49H34O/c1-48(36-18-4-2-5-19-36)43-26-14-15-27-46(43)50-47-32-35(28-29-44(47)48)38-22-10-12-24-41(38)49(37-20-6-3-7-21-37)42-25-13-11-23-39(42)40-30-33-16-8-9-17-34(33)31-45(40)49/h2-32H,1H3. The van der Waals surface area contributed by atoms with E-state index in [4.69, 9.17) is 4.74 Å². The fraction of sp³-hybridized carbons (Fsp3) is 0.0612. The quantitative estimate of drug-likeness (QED) is 0.186. The van der Waals surface area contributed by atoms with Crippen LogP contribution in [-0.2, 0) is 10.8 Å². The number of fused-ring (bicyclic) bond motifs is 6. The molecule has 0 spiro atoms. The lowest BCUT2D eigenvalue weighted by molar-refractivity contribution is 0.427. The van der Waals surface area contributed by atoms with E-state index in [-0.39, 0.29) is 5.41 Å². The van der Waals surface area contributed by atoms with Crippen molar-refractivity contribution in [2.24, 2.45) is 0 Å². The molecule has 1 aliphatic heterocycles. The number of hydrogen-bond acceptors (Lipinski definition) is 1. The molecule has 0 saturated carbocycles. The first-order chi connectivity index (χ1) is 24.7. The van der Waals surface area contributed by atoms with Gasteiger partial charge in [-0.25, -0.2) is 0 Å². The molecule has 1 aliphatic carbocycles. The average molecular weight is 639 g/mol. The third kappa shape index (κ3) is 3.95. The molecule has 236 valence electrons. The van der Waals surface area contributed by atoms with Gasteiger partial charge in [0.1, 0.15) is 11.5 Å². The second-order valence-electron chi connectivity index (χ2n) is 13.8. The average Bonchev–Trinajstić information content (AvgIpc) is 3.47. The fourth-order valence-corrected chi connectivity index (χ4v) is 8.97. The van der Waals surface area contributed by atoms with Crippen molar-refractivity contribution in [3.63, 3.8) is 0 Å². The minimum Gasteiger partial charge on any atom is -0.457 e. The Balaban J connectivity index is 1.25.